The number of halogens is 2. The first-order valence-electron chi connectivity index (χ1n) is 4.51. The number of nitrogens with one attached hydrogen (secondary N) is 1. The lowest BCUT2D eigenvalue weighted by Gasteiger charge is -2.04. The number of hydrogen-bond donors (Lipinski definition) is 2. The molecule has 0 radical (unpaired) electrons. The fourth-order valence-electron chi connectivity index (χ4n) is 1.18. The summed E-state index contributed by atoms with van der Waals surface area (Å²) in [5, 5.41) is 22.9. The Kier molecular flexibility index (Phi) is 6.79. The first-order valence-corrected chi connectivity index (χ1v) is 5.30. The van der Waals surface area contributed by atoms with Gasteiger partial charge in [-0.15, -0.1) is 12.4 Å². The summed E-state index contributed by atoms with van der Waals surface area (Å²) in [4.78, 5) is 9.83. The molecule has 0 aliphatic rings. The molecule has 1 aromatic carbocycles. The van der Waals surface area contributed by atoms with Crippen molar-refractivity contribution in [1.82, 2.24) is 5.32 Å². The molecular formula is C10H12BrClN2O3. The van der Waals surface area contributed by atoms with E-state index >= 15 is 0 Å². The zero-order chi connectivity index (χ0) is 12.1. The second-order valence-corrected chi connectivity index (χ2v) is 4.32. The van der Waals surface area contributed by atoms with Crippen LogP contribution in [0.1, 0.15) is 5.56 Å². The summed E-state index contributed by atoms with van der Waals surface area (Å²) in [5.41, 5.74) is 0.491. The van der Waals surface area contributed by atoms with Crippen LogP contribution < -0.4 is 5.32 Å². The molecule has 0 unspecified atom stereocenters. The largest absolute Gasteiger partial charge is 0.502 e. The van der Waals surface area contributed by atoms with Gasteiger partial charge >= 0.3 is 5.69 Å². The molecule has 7 heteroatoms. The van der Waals surface area contributed by atoms with Crippen LogP contribution in [0.2, 0.25) is 0 Å². The van der Waals surface area contributed by atoms with E-state index in [0.717, 1.165) is 10.0 Å². The highest BCUT2D eigenvalue weighted by molar-refractivity contribution is 9.11. The predicted octanol–water partition coefficient (Wildman–Crippen LogP) is 2.72. The topological polar surface area (TPSA) is 75.4 Å². The Balaban J connectivity index is 0.00000256. The van der Waals surface area contributed by atoms with E-state index in [1.807, 2.05) is 0 Å². The van der Waals surface area contributed by atoms with E-state index in [9.17, 15) is 15.2 Å². The molecule has 0 aliphatic heterocycles. The second-order valence-electron chi connectivity index (χ2n) is 3.20. The van der Waals surface area contributed by atoms with Gasteiger partial charge in [0.15, 0.2) is 5.75 Å². The molecule has 0 bridgehead atoms. The summed E-state index contributed by atoms with van der Waals surface area (Å²) in [6.07, 6.45) is 0. The maximum absolute atomic E-state index is 10.4. The Morgan fingerprint density at radius 3 is 2.71 bits per heavy atom. The molecule has 5 nitrogen and oxygen atoms in total. The minimum absolute atomic E-state index is 0. The van der Waals surface area contributed by atoms with Crippen molar-refractivity contribution >= 4 is 34.0 Å². The minimum Gasteiger partial charge on any atom is -0.502 e. The molecule has 0 spiro atoms. The molecular weight excluding hydrogens is 311 g/mol. The number of aromatic hydroxyl groups is 1. The highest BCUT2D eigenvalue weighted by Gasteiger charge is 2.12. The number of nitrogens with zero attached hydrogens (tertiary/aromatic N) is 1. The number of benzene rings is 1. The zero-order valence-electron chi connectivity index (χ0n) is 8.85. The quantitative estimate of drug-likeness (QED) is 0.645. The number of rotatable bonds is 5. The molecule has 1 aromatic rings. The van der Waals surface area contributed by atoms with Crippen molar-refractivity contribution in [2.24, 2.45) is 0 Å². The molecule has 0 amide bonds. The van der Waals surface area contributed by atoms with Gasteiger partial charge < -0.3 is 10.4 Å². The van der Waals surface area contributed by atoms with Crippen molar-refractivity contribution in [1.29, 1.82) is 0 Å². The van der Waals surface area contributed by atoms with E-state index in [0.29, 0.717) is 13.1 Å². The Morgan fingerprint density at radius 2 is 2.24 bits per heavy atom. The summed E-state index contributed by atoms with van der Waals surface area (Å²) >= 11 is 3.20. The summed E-state index contributed by atoms with van der Waals surface area (Å²) in [6.45, 7) is 4.76. The molecule has 94 valence electrons. The molecule has 0 aliphatic carbocycles. The van der Waals surface area contributed by atoms with E-state index in [2.05, 4.69) is 27.8 Å². The van der Waals surface area contributed by atoms with Gasteiger partial charge in [-0.05, 0) is 11.6 Å². The highest BCUT2D eigenvalue weighted by Crippen LogP contribution is 2.26. The molecule has 0 saturated heterocycles. The molecule has 0 saturated carbocycles. The first kappa shape index (κ1) is 15.9. The number of phenols is 1. The van der Waals surface area contributed by atoms with E-state index in [-0.39, 0.29) is 23.8 Å². The maximum atomic E-state index is 10.4. The molecule has 0 aromatic heterocycles. The van der Waals surface area contributed by atoms with Crippen LogP contribution in [0.25, 0.3) is 0 Å². The lowest BCUT2D eigenvalue weighted by atomic mass is 10.2. The van der Waals surface area contributed by atoms with E-state index in [1.54, 1.807) is 6.07 Å². The van der Waals surface area contributed by atoms with Gasteiger partial charge in [-0.25, -0.2) is 0 Å². The fraction of sp³-hybridized carbons (Fsp3) is 0.200. The van der Waals surface area contributed by atoms with Crippen molar-refractivity contribution in [2.45, 2.75) is 6.54 Å². The van der Waals surface area contributed by atoms with Crippen molar-refractivity contribution in [3.8, 4) is 5.75 Å². The summed E-state index contributed by atoms with van der Waals surface area (Å²) in [5.74, 6) is -0.318. The summed E-state index contributed by atoms with van der Waals surface area (Å²) < 4.78 is 0.818. The maximum Gasteiger partial charge on any atom is 0.310 e. The smallest absolute Gasteiger partial charge is 0.310 e. The van der Waals surface area contributed by atoms with Crippen LogP contribution in [0.3, 0.4) is 0 Å². The average Bonchev–Trinajstić information content (AvgIpc) is 2.16. The lowest BCUT2D eigenvalue weighted by Crippen LogP contribution is -2.14. The zero-order valence-corrected chi connectivity index (χ0v) is 11.3. The molecule has 0 heterocycles. The Bertz CT molecular complexity index is 426. The Morgan fingerprint density at radius 1 is 1.59 bits per heavy atom. The Labute approximate surface area is 113 Å². The van der Waals surface area contributed by atoms with Gasteiger partial charge in [-0.3, -0.25) is 10.1 Å². The predicted molar refractivity (Wildman–Crippen MR) is 71.8 cm³/mol. The Hall–Kier alpha value is -1.11. The fourth-order valence-corrected chi connectivity index (χ4v) is 1.37. The van der Waals surface area contributed by atoms with Gasteiger partial charge in [-0.2, -0.15) is 0 Å². The van der Waals surface area contributed by atoms with Crippen LogP contribution in [0, 0.1) is 10.1 Å². The van der Waals surface area contributed by atoms with Crippen LogP contribution in [0.4, 0.5) is 5.69 Å². The van der Waals surface area contributed by atoms with Crippen LogP contribution in [0.15, 0.2) is 29.3 Å². The van der Waals surface area contributed by atoms with Gasteiger partial charge in [-0.1, -0.05) is 28.6 Å². The SMILES string of the molecule is C=C(Br)CNCc1ccc([N+](=O)[O-])c(O)c1.Cl. The molecule has 0 fully saturated rings. The first-order chi connectivity index (χ1) is 7.50. The third-order valence-corrected chi connectivity index (χ3v) is 2.16. The lowest BCUT2D eigenvalue weighted by molar-refractivity contribution is -0.385. The molecule has 2 N–H and O–H groups in total. The molecule has 1 rings (SSSR count). The van der Waals surface area contributed by atoms with Crippen LogP contribution >= 0.6 is 28.3 Å². The van der Waals surface area contributed by atoms with Crippen molar-refractivity contribution in [3.05, 3.63) is 44.9 Å². The van der Waals surface area contributed by atoms with Crippen molar-refractivity contribution < 1.29 is 10.0 Å². The van der Waals surface area contributed by atoms with E-state index in [4.69, 9.17) is 0 Å². The van der Waals surface area contributed by atoms with E-state index < -0.39 is 4.92 Å². The van der Waals surface area contributed by atoms with Crippen LogP contribution in [0.5, 0.6) is 5.75 Å². The van der Waals surface area contributed by atoms with Gasteiger partial charge in [0.05, 0.1) is 4.92 Å². The van der Waals surface area contributed by atoms with Gasteiger partial charge in [0.2, 0.25) is 0 Å². The third-order valence-electron chi connectivity index (χ3n) is 1.88. The van der Waals surface area contributed by atoms with Crippen LogP contribution in [-0.2, 0) is 6.54 Å². The minimum atomic E-state index is -0.618. The standard InChI is InChI=1S/C10H11BrN2O3.ClH/c1-7(11)5-12-6-8-2-3-9(13(15)16)10(14)4-8;/h2-4,12,14H,1,5-6H2;1H. The van der Waals surface area contributed by atoms with Crippen molar-refractivity contribution in [2.75, 3.05) is 6.54 Å². The van der Waals surface area contributed by atoms with Crippen molar-refractivity contribution in [3.63, 3.8) is 0 Å². The van der Waals surface area contributed by atoms with Gasteiger partial charge in [0, 0.05) is 23.6 Å². The number of nitro benzene ring substituents is 1. The second kappa shape index (κ2) is 7.26. The molecule has 0 atom stereocenters. The normalized spacial score (nSPS) is 9.47. The van der Waals surface area contributed by atoms with E-state index in [1.165, 1.54) is 12.1 Å². The summed E-state index contributed by atoms with van der Waals surface area (Å²) in [6, 6.07) is 4.26. The number of phenolic OH excluding ortho intramolecular Hbond substituents is 1. The summed E-state index contributed by atoms with van der Waals surface area (Å²) in [7, 11) is 0. The monoisotopic (exact) mass is 322 g/mol. The number of nitro groups is 1. The molecule has 17 heavy (non-hydrogen) atoms. The third kappa shape index (κ3) is 5.16. The highest BCUT2D eigenvalue weighted by atomic mass is 79.9. The van der Waals surface area contributed by atoms with Crippen LogP contribution in [-0.4, -0.2) is 16.6 Å². The number of hydrogen-bond acceptors (Lipinski definition) is 4. The average molecular weight is 324 g/mol. The van der Waals surface area contributed by atoms with Gasteiger partial charge in [0.1, 0.15) is 0 Å². The van der Waals surface area contributed by atoms with Gasteiger partial charge in [0.25, 0.3) is 0 Å².